The molecule has 0 spiro atoms. The molecule has 1 unspecified atom stereocenters. The number of hydrogen-bond acceptors (Lipinski definition) is 2. The highest BCUT2D eigenvalue weighted by atomic mass is 19.1. The van der Waals surface area contributed by atoms with E-state index >= 15 is 0 Å². The largest absolute Gasteiger partial charge is 0.310 e. The van der Waals surface area contributed by atoms with Crippen LogP contribution in [0.3, 0.4) is 0 Å². The van der Waals surface area contributed by atoms with Gasteiger partial charge in [0.2, 0.25) is 0 Å². The molecule has 0 bridgehead atoms. The molecule has 112 valence electrons. The van der Waals surface area contributed by atoms with Crippen LogP contribution in [0.15, 0.2) is 36.7 Å². The maximum Gasteiger partial charge on any atom is 0.146 e. The first-order chi connectivity index (χ1) is 10.1. The SMILES string of the molecule is CCCNC(Cc1ccc(F)cc1F)c1ccncc1F. The van der Waals surface area contributed by atoms with Gasteiger partial charge in [-0.3, -0.25) is 4.98 Å². The fraction of sp³-hybridized carbons (Fsp3) is 0.312. The summed E-state index contributed by atoms with van der Waals surface area (Å²) in [4.78, 5) is 3.72. The Morgan fingerprint density at radius 2 is 1.95 bits per heavy atom. The van der Waals surface area contributed by atoms with E-state index in [1.165, 1.54) is 18.3 Å². The number of hydrogen-bond donors (Lipinski definition) is 1. The zero-order valence-corrected chi connectivity index (χ0v) is 11.7. The molecule has 0 saturated heterocycles. The van der Waals surface area contributed by atoms with Gasteiger partial charge in [-0.15, -0.1) is 0 Å². The lowest BCUT2D eigenvalue weighted by atomic mass is 9.98. The molecule has 1 aromatic heterocycles. The monoisotopic (exact) mass is 294 g/mol. The Bertz CT molecular complexity index is 602. The van der Waals surface area contributed by atoms with E-state index < -0.39 is 17.5 Å². The second kappa shape index (κ2) is 7.22. The predicted molar refractivity (Wildman–Crippen MR) is 75.3 cm³/mol. The fourth-order valence-electron chi connectivity index (χ4n) is 2.19. The molecule has 2 aromatic rings. The molecule has 0 aliphatic carbocycles. The van der Waals surface area contributed by atoms with E-state index in [9.17, 15) is 13.2 Å². The Labute approximate surface area is 122 Å². The molecule has 1 N–H and O–H groups in total. The molecule has 0 aliphatic rings. The number of aromatic nitrogens is 1. The highest BCUT2D eigenvalue weighted by molar-refractivity contribution is 5.24. The molecular weight excluding hydrogens is 277 g/mol. The van der Waals surface area contributed by atoms with Gasteiger partial charge in [-0.2, -0.15) is 0 Å². The van der Waals surface area contributed by atoms with Crippen molar-refractivity contribution in [2.75, 3.05) is 6.54 Å². The predicted octanol–water partition coefficient (Wildman–Crippen LogP) is 3.78. The molecule has 1 heterocycles. The molecule has 0 saturated carbocycles. The zero-order valence-electron chi connectivity index (χ0n) is 11.7. The van der Waals surface area contributed by atoms with Crippen LogP contribution in [0.5, 0.6) is 0 Å². The number of rotatable bonds is 6. The van der Waals surface area contributed by atoms with E-state index in [1.54, 1.807) is 6.07 Å². The van der Waals surface area contributed by atoms with Gasteiger partial charge in [0.1, 0.15) is 17.5 Å². The summed E-state index contributed by atoms with van der Waals surface area (Å²) < 4.78 is 40.6. The smallest absolute Gasteiger partial charge is 0.146 e. The molecule has 1 aromatic carbocycles. The third-order valence-corrected chi connectivity index (χ3v) is 3.26. The Balaban J connectivity index is 2.26. The molecule has 21 heavy (non-hydrogen) atoms. The third-order valence-electron chi connectivity index (χ3n) is 3.26. The summed E-state index contributed by atoms with van der Waals surface area (Å²) in [6.45, 7) is 2.67. The van der Waals surface area contributed by atoms with Crippen LogP contribution < -0.4 is 5.32 Å². The fourth-order valence-corrected chi connectivity index (χ4v) is 2.19. The highest BCUT2D eigenvalue weighted by Gasteiger charge is 2.17. The average Bonchev–Trinajstić information content (AvgIpc) is 2.46. The normalized spacial score (nSPS) is 12.4. The number of nitrogens with zero attached hydrogens (tertiary/aromatic N) is 1. The lowest BCUT2D eigenvalue weighted by molar-refractivity contribution is 0.483. The quantitative estimate of drug-likeness (QED) is 0.877. The highest BCUT2D eigenvalue weighted by Crippen LogP contribution is 2.22. The van der Waals surface area contributed by atoms with Crippen molar-refractivity contribution in [1.82, 2.24) is 10.3 Å². The van der Waals surface area contributed by atoms with Crippen molar-refractivity contribution < 1.29 is 13.2 Å². The maximum atomic E-state index is 13.9. The van der Waals surface area contributed by atoms with Gasteiger partial charge in [-0.1, -0.05) is 13.0 Å². The van der Waals surface area contributed by atoms with Crippen LogP contribution in [-0.2, 0) is 6.42 Å². The van der Waals surface area contributed by atoms with Gasteiger partial charge < -0.3 is 5.32 Å². The summed E-state index contributed by atoms with van der Waals surface area (Å²) in [5, 5.41) is 3.19. The van der Waals surface area contributed by atoms with Gasteiger partial charge >= 0.3 is 0 Å². The molecule has 2 rings (SSSR count). The summed E-state index contributed by atoms with van der Waals surface area (Å²) in [6, 6.07) is 4.63. The standard InChI is InChI=1S/C16H17F3N2/c1-2-6-21-16(13-5-7-20-10-15(13)19)8-11-3-4-12(17)9-14(11)18/h3-5,7,9-10,16,21H,2,6,8H2,1H3. The van der Waals surface area contributed by atoms with Crippen LogP contribution >= 0.6 is 0 Å². The van der Waals surface area contributed by atoms with Crippen LogP contribution in [0.1, 0.15) is 30.5 Å². The molecule has 0 amide bonds. The third kappa shape index (κ3) is 4.04. The lowest BCUT2D eigenvalue weighted by Crippen LogP contribution is -2.25. The van der Waals surface area contributed by atoms with Crippen molar-refractivity contribution in [3.8, 4) is 0 Å². The van der Waals surface area contributed by atoms with E-state index in [0.717, 1.165) is 18.7 Å². The van der Waals surface area contributed by atoms with Gasteiger partial charge in [0.25, 0.3) is 0 Å². The van der Waals surface area contributed by atoms with Gasteiger partial charge in [-0.25, -0.2) is 13.2 Å². The molecule has 0 fully saturated rings. The number of halogens is 3. The van der Waals surface area contributed by atoms with Crippen molar-refractivity contribution in [3.63, 3.8) is 0 Å². The van der Waals surface area contributed by atoms with E-state index in [0.29, 0.717) is 17.7 Å². The van der Waals surface area contributed by atoms with Crippen LogP contribution in [0.25, 0.3) is 0 Å². The Morgan fingerprint density at radius 3 is 2.62 bits per heavy atom. The number of benzene rings is 1. The van der Waals surface area contributed by atoms with E-state index in [2.05, 4.69) is 10.3 Å². The van der Waals surface area contributed by atoms with Crippen LogP contribution in [0, 0.1) is 17.5 Å². The summed E-state index contributed by atoms with van der Waals surface area (Å²) in [6.07, 6.45) is 3.75. The molecule has 2 nitrogen and oxygen atoms in total. The molecule has 5 heteroatoms. The van der Waals surface area contributed by atoms with Crippen molar-refractivity contribution in [1.29, 1.82) is 0 Å². The topological polar surface area (TPSA) is 24.9 Å². The minimum Gasteiger partial charge on any atom is -0.310 e. The minimum absolute atomic E-state index is 0.243. The van der Waals surface area contributed by atoms with Crippen LogP contribution in [0.2, 0.25) is 0 Å². The van der Waals surface area contributed by atoms with Crippen molar-refractivity contribution >= 4 is 0 Å². The molecular formula is C16H17F3N2. The average molecular weight is 294 g/mol. The zero-order chi connectivity index (χ0) is 15.2. The minimum atomic E-state index is -0.621. The van der Waals surface area contributed by atoms with E-state index in [1.807, 2.05) is 6.92 Å². The van der Waals surface area contributed by atoms with Crippen molar-refractivity contribution in [3.05, 3.63) is 65.2 Å². The Morgan fingerprint density at radius 1 is 1.14 bits per heavy atom. The van der Waals surface area contributed by atoms with E-state index in [4.69, 9.17) is 0 Å². The first kappa shape index (κ1) is 15.5. The first-order valence-electron chi connectivity index (χ1n) is 6.88. The number of pyridine rings is 1. The van der Waals surface area contributed by atoms with E-state index in [-0.39, 0.29) is 12.5 Å². The summed E-state index contributed by atoms with van der Waals surface area (Å²) in [5.41, 5.74) is 0.781. The maximum absolute atomic E-state index is 13.9. The van der Waals surface area contributed by atoms with Gasteiger partial charge in [0.15, 0.2) is 0 Å². The van der Waals surface area contributed by atoms with Crippen LogP contribution in [0.4, 0.5) is 13.2 Å². The molecule has 0 aliphatic heterocycles. The molecule has 1 atom stereocenters. The second-order valence-electron chi connectivity index (χ2n) is 4.84. The summed E-state index contributed by atoms with van der Waals surface area (Å²) in [7, 11) is 0. The second-order valence-corrected chi connectivity index (χ2v) is 4.84. The Hall–Kier alpha value is -1.88. The van der Waals surface area contributed by atoms with Crippen molar-refractivity contribution in [2.45, 2.75) is 25.8 Å². The summed E-state index contributed by atoms with van der Waals surface area (Å²) in [5.74, 6) is -1.68. The first-order valence-corrected chi connectivity index (χ1v) is 6.88. The molecule has 0 radical (unpaired) electrons. The van der Waals surface area contributed by atoms with Gasteiger partial charge in [0.05, 0.1) is 6.20 Å². The van der Waals surface area contributed by atoms with Gasteiger partial charge in [-0.05, 0) is 37.1 Å². The van der Waals surface area contributed by atoms with Crippen molar-refractivity contribution in [2.24, 2.45) is 0 Å². The lowest BCUT2D eigenvalue weighted by Gasteiger charge is -2.20. The summed E-state index contributed by atoms with van der Waals surface area (Å²) >= 11 is 0. The number of nitrogens with one attached hydrogen (secondary N) is 1. The Kier molecular flexibility index (Phi) is 5.33. The van der Waals surface area contributed by atoms with Crippen LogP contribution in [-0.4, -0.2) is 11.5 Å². The van der Waals surface area contributed by atoms with Gasteiger partial charge in [0, 0.05) is 23.9 Å².